The molecule has 1 fully saturated rings. The zero-order chi connectivity index (χ0) is 25.9. The summed E-state index contributed by atoms with van der Waals surface area (Å²) < 4.78 is 11.1. The van der Waals surface area contributed by atoms with Gasteiger partial charge >= 0.3 is 0 Å². The number of nitrogens with one attached hydrogen (secondary N) is 1. The molecule has 1 aliphatic heterocycles. The van der Waals surface area contributed by atoms with Gasteiger partial charge in [-0.1, -0.05) is 36.4 Å². The number of aliphatic hydroxyl groups is 1. The Balaban J connectivity index is 1.57. The van der Waals surface area contributed by atoms with E-state index in [-0.39, 0.29) is 17.9 Å². The number of likely N-dealkylation sites (tertiary alicyclic amines) is 1. The maximum atomic E-state index is 13.4. The number of ketones is 1. The first-order chi connectivity index (χ1) is 18.0. The molecule has 1 unspecified atom stereocenters. The number of nitrogens with zero attached hydrogens (tertiary/aromatic N) is 1. The monoisotopic (exact) mass is 496 g/mol. The van der Waals surface area contributed by atoms with Crippen LogP contribution in [-0.2, 0) is 16.0 Å². The lowest BCUT2D eigenvalue weighted by molar-refractivity contribution is -0.139. The number of para-hydroxylation sites is 2. The van der Waals surface area contributed by atoms with Crippen LogP contribution in [0.1, 0.15) is 29.7 Å². The number of H-pyrrole nitrogens is 1. The maximum Gasteiger partial charge on any atom is 0.295 e. The number of carbonyl (C=O) groups excluding carboxylic acids is 2. The Hall–Kier alpha value is -4.52. The molecule has 2 N–H and O–H groups in total. The number of fused-ring (bicyclic) bond motifs is 1. The van der Waals surface area contributed by atoms with Gasteiger partial charge in [-0.05, 0) is 55.3 Å². The van der Waals surface area contributed by atoms with E-state index in [9.17, 15) is 14.7 Å². The van der Waals surface area contributed by atoms with Crippen molar-refractivity contribution in [1.82, 2.24) is 9.88 Å². The van der Waals surface area contributed by atoms with E-state index in [2.05, 4.69) is 4.98 Å². The largest absolute Gasteiger partial charge is 0.507 e. The number of benzene rings is 3. The van der Waals surface area contributed by atoms with Gasteiger partial charge in [0.05, 0.1) is 25.3 Å². The van der Waals surface area contributed by atoms with Crippen molar-refractivity contribution in [2.75, 3.05) is 20.3 Å². The van der Waals surface area contributed by atoms with Gasteiger partial charge in [-0.2, -0.15) is 0 Å². The van der Waals surface area contributed by atoms with Crippen molar-refractivity contribution in [3.8, 4) is 11.5 Å². The summed E-state index contributed by atoms with van der Waals surface area (Å²) in [5.41, 5.74) is 3.16. The highest BCUT2D eigenvalue weighted by molar-refractivity contribution is 6.46. The van der Waals surface area contributed by atoms with E-state index in [1.807, 2.05) is 55.6 Å². The Bertz CT molecular complexity index is 1490. The lowest BCUT2D eigenvalue weighted by atomic mass is 9.94. The highest BCUT2D eigenvalue weighted by Gasteiger charge is 2.46. The van der Waals surface area contributed by atoms with Crippen LogP contribution >= 0.6 is 0 Å². The fourth-order valence-electron chi connectivity index (χ4n) is 4.94. The summed E-state index contributed by atoms with van der Waals surface area (Å²) >= 11 is 0. The van der Waals surface area contributed by atoms with Crippen LogP contribution in [0.25, 0.3) is 16.7 Å². The summed E-state index contributed by atoms with van der Waals surface area (Å²) in [5.74, 6) is -0.417. The van der Waals surface area contributed by atoms with Gasteiger partial charge in [0.2, 0.25) is 0 Å². The summed E-state index contributed by atoms with van der Waals surface area (Å²) in [7, 11) is 1.55. The van der Waals surface area contributed by atoms with Crippen molar-refractivity contribution in [2.45, 2.75) is 19.4 Å². The molecule has 3 aromatic carbocycles. The van der Waals surface area contributed by atoms with Crippen LogP contribution in [0.5, 0.6) is 11.5 Å². The second kappa shape index (κ2) is 10.2. The van der Waals surface area contributed by atoms with E-state index in [0.29, 0.717) is 35.7 Å². The van der Waals surface area contributed by atoms with E-state index in [0.717, 1.165) is 16.5 Å². The summed E-state index contributed by atoms with van der Waals surface area (Å²) in [6.07, 6.45) is 2.46. The SMILES string of the molecule is CCOc1ccc(C(O)=C2C(=O)C(=O)N(CCc3c[nH]c4ccccc34)C2c2ccccc2OC)cc1. The lowest BCUT2D eigenvalue weighted by Crippen LogP contribution is -2.31. The molecule has 1 aliphatic rings. The van der Waals surface area contributed by atoms with Gasteiger partial charge in [-0.25, -0.2) is 0 Å². The van der Waals surface area contributed by atoms with Gasteiger partial charge in [-0.15, -0.1) is 0 Å². The van der Waals surface area contributed by atoms with Crippen molar-refractivity contribution in [2.24, 2.45) is 0 Å². The van der Waals surface area contributed by atoms with E-state index >= 15 is 0 Å². The summed E-state index contributed by atoms with van der Waals surface area (Å²) in [4.78, 5) is 31.5. The van der Waals surface area contributed by atoms with Crippen molar-refractivity contribution in [1.29, 1.82) is 0 Å². The standard InChI is InChI=1S/C30H28N2O5/c1-3-37-21-14-12-19(13-15-21)28(33)26-27(23-9-5-7-11-25(23)36-2)32(30(35)29(26)34)17-16-20-18-31-24-10-6-4-8-22(20)24/h4-15,18,27,31,33H,3,16-17H2,1-2H3. The number of aromatic nitrogens is 1. The summed E-state index contributed by atoms with van der Waals surface area (Å²) in [6, 6.07) is 21.2. The van der Waals surface area contributed by atoms with Crippen LogP contribution in [0.2, 0.25) is 0 Å². The molecule has 1 aromatic heterocycles. The van der Waals surface area contributed by atoms with Crippen molar-refractivity contribution in [3.63, 3.8) is 0 Å². The molecule has 0 radical (unpaired) electrons. The second-order valence-electron chi connectivity index (χ2n) is 8.80. The van der Waals surface area contributed by atoms with E-state index in [4.69, 9.17) is 9.47 Å². The maximum absolute atomic E-state index is 13.4. The number of carbonyl (C=O) groups is 2. The molecule has 37 heavy (non-hydrogen) atoms. The first kappa shape index (κ1) is 24.2. The number of methoxy groups -OCH3 is 1. The highest BCUT2D eigenvalue weighted by Crippen LogP contribution is 2.42. The van der Waals surface area contributed by atoms with E-state index in [1.165, 1.54) is 4.90 Å². The van der Waals surface area contributed by atoms with Crippen LogP contribution in [0.3, 0.4) is 0 Å². The van der Waals surface area contributed by atoms with Gasteiger partial charge in [-0.3, -0.25) is 9.59 Å². The minimum Gasteiger partial charge on any atom is -0.507 e. The molecule has 1 amide bonds. The Labute approximate surface area is 214 Å². The lowest BCUT2D eigenvalue weighted by Gasteiger charge is -2.26. The fraction of sp³-hybridized carbons (Fsp3) is 0.200. The van der Waals surface area contributed by atoms with Gasteiger partial charge in [0.15, 0.2) is 0 Å². The predicted octanol–water partition coefficient (Wildman–Crippen LogP) is 5.24. The molecule has 2 heterocycles. The molecule has 7 heteroatoms. The second-order valence-corrected chi connectivity index (χ2v) is 8.80. The predicted molar refractivity (Wildman–Crippen MR) is 142 cm³/mol. The van der Waals surface area contributed by atoms with E-state index < -0.39 is 17.7 Å². The zero-order valence-corrected chi connectivity index (χ0v) is 20.7. The van der Waals surface area contributed by atoms with Crippen LogP contribution in [0.4, 0.5) is 0 Å². The molecule has 7 nitrogen and oxygen atoms in total. The first-order valence-corrected chi connectivity index (χ1v) is 12.2. The molecule has 0 saturated carbocycles. The normalized spacial score (nSPS) is 16.9. The number of ether oxygens (including phenoxy) is 2. The molecule has 5 rings (SSSR count). The molecule has 0 aliphatic carbocycles. The number of amides is 1. The zero-order valence-electron chi connectivity index (χ0n) is 20.7. The molecule has 188 valence electrons. The number of aromatic amines is 1. The third-order valence-electron chi connectivity index (χ3n) is 6.71. The van der Waals surface area contributed by atoms with Gasteiger partial charge in [0.25, 0.3) is 11.7 Å². The molecular weight excluding hydrogens is 468 g/mol. The number of Topliss-reactive ketones (excluding diaryl/α,β-unsaturated/α-hetero) is 1. The van der Waals surface area contributed by atoms with Gasteiger partial charge in [0, 0.05) is 34.8 Å². The Morgan fingerprint density at radius 2 is 1.73 bits per heavy atom. The summed E-state index contributed by atoms with van der Waals surface area (Å²) in [5, 5.41) is 12.4. The Kier molecular flexibility index (Phi) is 6.68. The molecule has 1 atom stereocenters. The minimum absolute atomic E-state index is 0.0394. The number of hydrogen-bond donors (Lipinski definition) is 2. The van der Waals surface area contributed by atoms with Crippen molar-refractivity contribution in [3.05, 3.63) is 101 Å². The van der Waals surface area contributed by atoms with Crippen LogP contribution in [-0.4, -0.2) is 46.9 Å². The number of aliphatic hydroxyl groups excluding tert-OH is 1. The van der Waals surface area contributed by atoms with Crippen molar-refractivity contribution >= 4 is 28.4 Å². The van der Waals surface area contributed by atoms with Crippen LogP contribution in [0.15, 0.2) is 84.6 Å². The quantitative estimate of drug-likeness (QED) is 0.198. The molecule has 0 bridgehead atoms. The first-order valence-electron chi connectivity index (χ1n) is 12.2. The minimum atomic E-state index is -0.798. The van der Waals surface area contributed by atoms with Gasteiger partial charge < -0.3 is 24.5 Å². The number of rotatable bonds is 8. The smallest absolute Gasteiger partial charge is 0.295 e. The molecule has 1 saturated heterocycles. The van der Waals surface area contributed by atoms with Crippen molar-refractivity contribution < 1.29 is 24.2 Å². The van der Waals surface area contributed by atoms with Crippen LogP contribution in [0, 0.1) is 0 Å². The molecule has 4 aromatic rings. The Morgan fingerprint density at radius 3 is 2.49 bits per heavy atom. The van der Waals surface area contributed by atoms with E-state index in [1.54, 1.807) is 37.4 Å². The number of hydrogen-bond acceptors (Lipinski definition) is 5. The topological polar surface area (TPSA) is 91.9 Å². The highest BCUT2D eigenvalue weighted by atomic mass is 16.5. The summed E-state index contributed by atoms with van der Waals surface area (Å²) in [6.45, 7) is 2.69. The third kappa shape index (κ3) is 4.44. The average molecular weight is 497 g/mol. The van der Waals surface area contributed by atoms with Gasteiger partial charge in [0.1, 0.15) is 17.3 Å². The molecule has 0 spiro atoms. The third-order valence-corrected chi connectivity index (χ3v) is 6.71. The molecular formula is C30H28N2O5. The Morgan fingerprint density at radius 1 is 1.00 bits per heavy atom. The van der Waals surface area contributed by atoms with Crippen LogP contribution < -0.4 is 9.47 Å². The average Bonchev–Trinajstić information content (AvgIpc) is 3.45. The fourth-order valence-corrected chi connectivity index (χ4v) is 4.94.